The molecule has 0 spiro atoms. The fourth-order valence-electron chi connectivity index (χ4n) is 1.77. The van der Waals surface area contributed by atoms with Crippen molar-refractivity contribution < 1.29 is 4.42 Å². The molecule has 0 saturated heterocycles. The lowest BCUT2D eigenvalue weighted by Crippen LogP contribution is -1.91. The lowest BCUT2D eigenvalue weighted by atomic mass is 10.1. The van der Waals surface area contributed by atoms with Gasteiger partial charge in [0.15, 0.2) is 0 Å². The van der Waals surface area contributed by atoms with E-state index in [0.29, 0.717) is 16.6 Å². The Morgan fingerprint density at radius 1 is 1.39 bits per heavy atom. The summed E-state index contributed by atoms with van der Waals surface area (Å²) in [6, 6.07) is 9.49. The van der Waals surface area contributed by atoms with E-state index in [2.05, 4.69) is 11.1 Å². The molecule has 2 aromatic rings. The van der Waals surface area contributed by atoms with Gasteiger partial charge in [0.25, 0.3) is 0 Å². The average molecular weight is 261 g/mol. The summed E-state index contributed by atoms with van der Waals surface area (Å²) in [5.74, 6) is 1.43. The zero-order valence-corrected chi connectivity index (χ0v) is 11.0. The van der Waals surface area contributed by atoms with Gasteiger partial charge in [-0.15, -0.1) is 0 Å². The van der Waals surface area contributed by atoms with Crippen molar-refractivity contribution in [1.82, 2.24) is 4.98 Å². The first-order valence-electron chi connectivity index (χ1n) is 5.75. The standard InChI is InChI=1S/C14H13ClN2O/c1-9(2)13-12(7-8-16)17-14(18-13)10-5-3-4-6-11(10)15/h3-6,9H,7H2,1-2H3. The molecule has 0 aliphatic heterocycles. The van der Waals surface area contributed by atoms with Gasteiger partial charge in [-0.2, -0.15) is 5.26 Å². The maximum Gasteiger partial charge on any atom is 0.228 e. The number of benzene rings is 1. The molecule has 1 aromatic carbocycles. The number of aromatic nitrogens is 1. The van der Waals surface area contributed by atoms with Crippen LogP contribution >= 0.6 is 11.6 Å². The highest BCUT2D eigenvalue weighted by Crippen LogP contribution is 2.31. The molecule has 0 radical (unpaired) electrons. The molecule has 3 nitrogen and oxygen atoms in total. The molecule has 0 fully saturated rings. The number of rotatable bonds is 3. The summed E-state index contributed by atoms with van der Waals surface area (Å²) in [6.45, 7) is 4.02. The summed E-state index contributed by atoms with van der Waals surface area (Å²) in [4.78, 5) is 4.38. The van der Waals surface area contributed by atoms with Gasteiger partial charge in [0.2, 0.25) is 5.89 Å². The van der Waals surface area contributed by atoms with Gasteiger partial charge in [-0.25, -0.2) is 4.98 Å². The largest absolute Gasteiger partial charge is 0.441 e. The van der Waals surface area contributed by atoms with Crippen molar-refractivity contribution in [3.63, 3.8) is 0 Å². The van der Waals surface area contributed by atoms with Gasteiger partial charge >= 0.3 is 0 Å². The van der Waals surface area contributed by atoms with Crippen molar-refractivity contribution in [2.45, 2.75) is 26.2 Å². The van der Waals surface area contributed by atoms with Gasteiger partial charge in [-0.05, 0) is 12.1 Å². The Kier molecular flexibility index (Phi) is 3.69. The van der Waals surface area contributed by atoms with Crippen LogP contribution in [0, 0.1) is 11.3 Å². The van der Waals surface area contributed by atoms with Crippen molar-refractivity contribution in [3.05, 3.63) is 40.7 Å². The van der Waals surface area contributed by atoms with Crippen LogP contribution in [0.5, 0.6) is 0 Å². The SMILES string of the molecule is CC(C)c1oc(-c2ccccc2Cl)nc1CC#N. The Morgan fingerprint density at radius 3 is 2.72 bits per heavy atom. The van der Waals surface area contributed by atoms with Crippen LogP contribution in [-0.2, 0) is 6.42 Å². The number of hydrogen-bond acceptors (Lipinski definition) is 3. The summed E-state index contributed by atoms with van der Waals surface area (Å²) in [7, 11) is 0. The molecule has 0 amide bonds. The smallest absolute Gasteiger partial charge is 0.228 e. The molecular formula is C14H13ClN2O. The lowest BCUT2D eigenvalue weighted by molar-refractivity contribution is 0.492. The minimum Gasteiger partial charge on any atom is -0.441 e. The van der Waals surface area contributed by atoms with E-state index in [-0.39, 0.29) is 12.3 Å². The molecule has 18 heavy (non-hydrogen) atoms. The predicted octanol–water partition coefficient (Wildman–Crippen LogP) is 4.18. The van der Waals surface area contributed by atoms with Crippen LogP contribution in [0.3, 0.4) is 0 Å². The molecule has 4 heteroatoms. The topological polar surface area (TPSA) is 49.8 Å². The van der Waals surface area contributed by atoms with E-state index in [4.69, 9.17) is 21.3 Å². The highest BCUT2D eigenvalue weighted by Gasteiger charge is 2.18. The van der Waals surface area contributed by atoms with Crippen LogP contribution in [0.4, 0.5) is 0 Å². The van der Waals surface area contributed by atoms with E-state index in [9.17, 15) is 0 Å². The first-order chi connectivity index (χ1) is 8.63. The molecule has 0 aliphatic carbocycles. The van der Waals surface area contributed by atoms with Crippen LogP contribution < -0.4 is 0 Å². The van der Waals surface area contributed by atoms with Crippen molar-refractivity contribution in [2.24, 2.45) is 0 Å². The Morgan fingerprint density at radius 2 is 2.11 bits per heavy atom. The number of halogens is 1. The molecule has 92 valence electrons. The van der Waals surface area contributed by atoms with Crippen LogP contribution in [0.2, 0.25) is 5.02 Å². The van der Waals surface area contributed by atoms with Gasteiger partial charge in [0.1, 0.15) is 5.76 Å². The number of nitriles is 1. The van der Waals surface area contributed by atoms with Gasteiger partial charge in [-0.3, -0.25) is 0 Å². The summed E-state index contributed by atoms with van der Waals surface area (Å²) in [6.07, 6.45) is 0.251. The van der Waals surface area contributed by atoms with Gasteiger partial charge in [-0.1, -0.05) is 37.6 Å². The van der Waals surface area contributed by atoms with E-state index in [1.807, 2.05) is 32.0 Å². The maximum atomic E-state index is 8.80. The van der Waals surface area contributed by atoms with Crippen molar-refractivity contribution in [1.29, 1.82) is 5.26 Å². The van der Waals surface area contributed by atoms with Crippen molar-refractivity contribution in [2.75, 3.05) is 0 Å². The Balaban J connectivity index is 2.51. The summed E-state index contributed by atoms with van der Waals surface area (Å²) in [5, 5.41) is 9.40. The van der Waals surface area contributed by atoms with Crippen LogP contribution in [0.15, 0.2) is 28.7 Å². The van der Waals surface area contributed by atoms with Crippen molar-refractivity contribution in [3.8, 4) is 17.5 Å². The molecule has 1 heterocycles. The van der Waals surface area contributed by atoms with Gasteiger partial charge in [0, 0.05) is 5.92 Å². The van der Waals surface area contributed by atoms with E-state index in [0.717, 1.165) is 11.3 Å². The zero-order chi connectivity index (χ0) is 13.1. The predicted molar refractivity (Wildman–Crippen MR) is 70.4 cm³/mol. The second kappa shape index (κ2) is 5.24. The number of oxazole rings is 1. The van der Waals surface area contributed by atoms with Gasteiger partial charge < -0.3 is 4.42 Å². The highest BCUT2D eigenvalue weighted by atomic mass is 35.5. The lowest BCUT2D eigenvalue weighted by Gasteiger charge is -2.00. The maximum absolute atomic E-state index is 8.80. The van der Waals surface area contributed by atoms with E-state index < -0.39 is 0 Å². The Labute approximate surface area is 111 Å². The first kappa shape index (κ1) is 12.7. The molecule has 0 atom stereocenters. The number of nitrogens with zero attached hydrogens (tertiary/aromatic N) is 2. The zero-order valence-electron chi connectivity index (χ0n) is 10.3. The molecule has 1 aromatic heterocycles. The Hall–Kier alpha value is -1.79. The molecular weight excluding hydrogens is 248 g/mol. The summed E-state index contributed by atoms with van der Waals surface area (Å²) < 4.78 is 5.75. The van der Waals surface area contributed by atoms with E-state index in [1.54, 1.807) is 6.07 Å². The summed E-state index contributed by atoms with van der Waals surface area (Å²) in [5.41, 5.74) is 1.45. The second-order valence-electron chi connectivity index (χ2n) is 4.30. The number of hydrogen-bond donors (Lipinski definition) is 0. The fourth-order valence-corrected chi connectivity index (χ4v) is 1.98. The molecule has 0 N–H and O–H groups in total. The monoisotopic (exact) mass is 260 g/mol. The first-order valence-corrected chi connectivity index (χ1v) is 6.12. The highest BCUT2D eigenvalue weighted by molar-refractivity contribution is 6.33. The fraction of sp³-hybridized carbons (Fsp3) is 0.286. The third kappa shape index (κ3) is 2.39. The van der Waals surface area contributed by atoms with Crippen LogP contribution in [-0.4, -0.2) is 4.98 Å². The minimum atomic E-state index is 0.192. The van der Waals surface area contributed by atoms with E-state index >= 15 is 0 Å². The molecule has 2 rings (SSSR count). The third-order valence-corrected chi connectivity index (χ3v) is 2.93. The molecule has 0 aliphatic rings. The second-order valence-corrected chi connectivity index (χ2v) is 4.71. The van der Waals surface area contributed by atoms with Crippen molar-refractivity contribution >= 4 is 11.6 Å². The molecule has 0 saturated carbocycles. The average Bonchev–Trinajstić information content (AvgIpc) is 2.74. The summed E-state index contributed by atoms with van der Waals surface area (Å²) >= 11 is 6.11. The van der Waals surface area contributed by atoms with E-state index in [1.165, 1.54) is 0 Å². The Bertz CT molecular complexity index is 596. The molecule has 0 unspecified atom stereocenters. The van der Waals surface area contributed by atoms with Gasteiger partial charge in [0.05, 0.1) is 28.8 Å². The van der Waals surface area contributed by atoms with Crippen LogP contribution in [0.25, 0.3) is 11.5 Å². The molecule has 0 bridgehead atoms. The van der Waals surface area contributed by atoms with Crippen LogP contribution in [0.1, 0.15) is 31.2 Å². The normalized spacial score (nSPS) is 10.6. The minimum absolute atomic E-state index is 0.192. The quantitative estimate of drug-likeness (QED) is 0.832. The third-order valence-electron chi connectivity index (χ3n) is 2.60.